The third-order valence-corrected chi connectivity index (χ3v) is 12.7. The van der Waals surface area contributed by atoms with Crippen molar-refractivity contribution in [2.24, 2.45) is 17.8 Å². The Morgan fingerprint density at radius 2 is 2.02 bits per heavy atom. The Balaban J connectivity index is 1.43. The number of halogens is 1. The van der Waals surface area contributed by atoms with Crippen LogP contribution in [0.4, 0.5) is 5.69 Å². The molecule has 2 aliphatic carbocycles. The molecule has 2 aromatic rings. The maximum atomic E-state index is 13.5. The van der Waals surface area contributed by atoms with Crippen LogP contribution in [-0.2, 0) is 26.6 Å². The molecule has 6 atom stereocenters. The van der Waals surface area contributed by atoms with Gasteiger partial charge in [-0.1, -0.05) is 43.7 Å². The van der Waals surface area contributed by atoms with Crippen molar-refractivity contribution < 1.29 is 22.7 Å². The van der Waals surface area contributed by atoms with Crippen molar-refractivity contribution in [3.05, 3.63) is 70.3 Å². The number of amides is 1. The fourth-order valence-electron chi connectivity index (χ4n) is 7.96. The van der Waals surface area contributed by atoms with E-state index in [0.717, 1.165) is 61.7 Å². The molecule has 43 heavy (non-hydrogen) atoms. The van der Waals surface area contributed by atoms with Gasteiger partial charge in [0.25, 0.3) is 5.91 Å². The summed E-state index contributed by atoms with van der Waals surface area (Å²) >= 11 is 6.41. The summed E-state index contributed by atoms with van der Waals surface area (Å²) in [6, 6.07) is 11.6. The minimum absolute atomic E-state index is 0.0317. The summed E-state index contributed by atoms with van der Waals surface area (Å²) in [4.78, 5) is 15.9. The molecule has 7 nitrogen and oxygen atoms in total. The van der Waals surface area contributed by atoms with Crippen LogP contribution >= 0.6 is 11.6 Å². The number of rotatable bonds is 2. The number of carbonyl (C=O) groups is 1. The first kappa shape index (κ1) is 30.5. The number of benzene rings is 2. The highest BCUT2D eigenvalue weighted by Crippen LogP contribution is 2.47. The van der Waals surface area contributed by atoms with Gasteiger partial charge in [0.15, 0.2) is 0 Å². The van der Waals surface area contributed by atoms with Crippen molar-refractivity contribution in [2.75, 3.05) is 31.7 Å². The number of nitrogens with one attached hydrogen (secondary N) is 1. The van der Waals surface area contributed by atoms with E-state index in [-0.39, 0.29) is 17.4 Å². The van der Waals surface area contributed by atoms with E-state index < -0.39 is 21.2 Å². The molecule has 6 rings (SSSR count). The molecule has 2 aromatic carbocycles. The van der Waals surface area contributed by atoms with E-state index >= 15 is 0 Å². The van der Waals surface area contributed by atoms with Gasteiger partial charge in [-0.15, -0.1) is 0 Å². The summed E-state index contributed by atoms with van der Waals surface area (Å²) < 4.78 is 41.9. The Hall–Kier alpha value is -2.55. The lowest BCUT2D eigenvalue weighted by Crippen LogP contribution is -2.49. The SMILES string of the molecule is CC[C@@H]1[C@@H](C)C/C=C/[C@H](OC)[C@@H]2CC[C@H]2CN2C[C@@]3(CCCc4cc(Cl)ccc43)COc3ccc(cc32)C(=O)NS1(=O)=O. The second-order valence-corrected chi connectivity index (χ2v) is 15.4. The molecule has 1 fully saturated rings. The van der Waals surface area contributed by atoms with Crippen LogP contribution < -0.4 is 14.4 Å². The number of methoxy groups -OCH3 is 1. The molecule has 0 unspecified atom stereocenters. The molecule has 2 bridgehead atoms. The van der Waals surface area contributed by atoms with Crippen LogP contribution in [0.15, 0.2) is 48.6 Å². The van der Waals surface area contributed by atoms with E-state index in [2.05, 4.69) is 33.9 Å². The molecule has 1 spiro atoms. The predicted octanol–water partition coefficient (Wildman–Crippen LogP) is 6.29. The molecular weight excluding hydrogens is 584 g/mol. The van der Waals surface area contributed by atoms with E-state index in [4.69, 9.17) is 21.1 Å². The molecule has 9 heteroatoms. The van der Waals surface area contributed by atoms with Gasteiger partial charge in [0.05, 0.1) is 23.6 Å². The third-order valence-electron chi connectivity index (χ3n) is 10.4. The van der Waals surface area contributed by atoms with Gasteiger partial charge < -0.3 is 14.4 Å². The Morgan fingerprint density at radius 3 is 2.77 bits per heavy atom. The lowest BCUT2D eigenvalue weighted by Gasteiger charge is -2.46. The zero-order chi connectivity index (χ0) is 30.4. The average molecular weight is 627 g/mol. The van der Waals surface area contributed by atoms with Crippen LogP contribution in [0.1, 0.15) is 73.9 Å². The summed E-state index contributed by atoms with van der Waals surface area (Å²) in [5.74, 6) is 0.737. The number of anilines is 1. The number of nitrogens with zero attached hydrogens (tertiary/aromatic N) is 1. The lowest BCUT2D eigenvalue weighted by molar-refractivity contribution is 0.0131. The summed E-state index contributed by atoms with van der Waals surface area (Å²) in [6.45, 7) is 5.86. The fourth-order valence-corrected chi connectivity index (χ4v) is 9.84. The molecule has 0 aromatic heterocycles. The van der Waals surface area contributed by atoms with Crippen LogP contribution in [0.2, 0.25) is 5.02 Å². The average Bonchev–Trinajstić information content (AvgIpc) is 3.11. The fraction of sp³-hybridized carbons (Fsp3) is 0.559. The molecule has 1 saturated carbocycles. The smallest absolute Gasteiger partial charge is 0.264 e. The van der Waals surface area contributed by atoms with Gasteiger partial charge >= 0.3 is 0 Å². The Labute approximate surface area is 261 Å². The largest absolute Gasteiger partial charge is 0.490 e. The number of aryl methyl sites for hydroxylation is 1. The molecule has 232 valence electrons. The number of hydrogen-bond donors (Lipinski definition) is 1. The number of ether oxygens (including phenoxy) is 2. The van der Waals surface area contributed by atoms with Crippen LogP contribution in [0, 0.1) is 17.8 Å². The number of allylic oxidation sites excluding steroid dienone is 1. The summed E-state index contributed by atoms with van der Waals surface area (Å²) in [6.07, 6.45) is 10.4. The van der Waals surface area contributed by atoms with Gasteiger partial charge in [-0.3, -0.25) is 4.79 Å². The van der Waals surface area contributed by atoms with Gasteiger partial charge in [-0.25, -0.2) is 13.1 Å². The molecule has 1 N–H and O–H groups in total. The first-order chi connectivity index (χ1) is 20.6. The number of fused-ring (bicyclic) bond motifs is 4. The van der Waals surface area contributed by atoms with E-state index in [1.54, 1.807) is 13.2 Å². The number of hydrogen-bond acceptors (Lipinski definition) is 6. The number of carbonyl (C=O) groups excluding carboxylic acids is 1. The van der Waals surface area contributed by atoms with Crippen molar-refractivity contribution in [3.63, 3.8) is 0 Å². The monoisotopic (exact) mass is 626 g/mol. The minimum Gasteiger partial charge on any atom is -0.490 e. The second-order valence-electron chi connectivity index (χ2n) is 13.1. The molecule has 4 aliphatic rings. The quantitative estimate of drug-likeness (QED) is 0.395. The first-order valence-electron chi connectivity index (χ1n) is 15.7. The van der Waals surface area contributed by atoms with E-state index in [1.807, 2.05) is 32.0 Å². The second kappa shape index (κ2) is 12.1. The summed E-state index contributed by atoms with van der Waals surface area (Å²) in [5, 5.41) is 0.0618. The van der Waals surface area contributed by atoms with E-state index in [0.29, 0.717) is 36.8 Å². The van der Waals surface area contributed by atoms with E-state index in [1.165, 1.54) is 11.1 Å². The van der Waals surface area contributed by atoms with Crippen molar-refractivity contribution in [3.8, 4) is 5.75 Å². The lowest BCUT2D eigenvalue weighted by atomic mass is 9.68. The molecule has 0 radical (unpaired) electrons. The first-order valence-corrected chi connectivity index (χ1v) is 17.6. The summed E-state index contributed by atoms with van der Waals surface area (Å²) in [7, 11) is -2.13. The van der Waals surface area contributed by atoms with Crippen LogP contribution in [0.25, 0.3) is 0 Å². The van der Waals surface area contributed by atoms with Gasteiger partial charge in [0.2, 0.25) is 10.0 Å². The Kier molecular flexibility index (Phi) is 8.57. The molecule has 1 amide bonds. The topological polar surface area (TPSA) is 84.9 Å². The maximum absolute atomic E-state index is 13.5. The third kappa shape index (κ3) is 5.83. The van der Waals surface area contributed by atoms with Crippen molar-refractivity contribution >= 4 is 33.2 Å². The van der Waals surface area contributed by atoms with Crippen LogP contribution in [-0.4, -0.2) is 52.5 Å². The minimum atomic E-state index is -3.90. The van der Waals surface area contributed by atoms with Crippen molar-refractivity contribution in [1.82, 2.24) is 4.72 Å². The van der Waals surface area contributed by atoms with Crippen LogP contribution in [0.3, 0.4) is 0 Å². The normalized spacial score (nSPS) is 32.8. The zero-order valence-corrected chi connectivity index (χ0v) is 26.9. The standard InChI is InChI=1S/C34H43ClN2O5S/c1-4-32-22(2)7-5-9-30(41-3)27-13-10-25(27)19-37-20-34(16-6-8-23-17-26(35)12-14-28(23)34)21-42-31-15-11-24(18-29(31)37)33(38)36-43(32,39)40/h5,9,11-12,14-15,17-18,22,25,27,30,32H,4,6-8,10,13,16,19-21H2,1-3H3,(H,36,38)/b9-5+/t22-,25-,27+,30-,32+,34-/m0/s1. The summed E-state index contributed by atoms with van der Waals surface area (Å²) in [5.41, 5.74) is 3.49. The highest BCUT2D eigenvalue weighted by Gasteiger charge is 2.44. The van der Waals surface area contributed by atoms with Gasteiger partial charge in [-0.2, -0.15) is 0 Å². The molecule has 0 saturated heterocycles. The molecular formula is C34H43ClN2O5S. The highest BCUT2D eigenvalue weighted by molar-refractivity contribution is 7.90. The van der Waals surface area contributed by atoms with E-state index in [9.17, 15) is 13.2 Å². The number of sulfonamides is 1. The Morgan fingerprint density at radius 1 is 1.19 bits per heavy atom. The van der Waals surface area contributed by atoms with Crippen LogP contribution in [0.5, 0.6) is 5.75 Å². The molecule has 2 heterocycles. The van der Waals surface area contributed by atoms with Gasteiger partial charge in [0, 0.05) is 36.2 Å². The Bertz CT molecular complexity index is 1510. The van der Waals surface area contributed by atoms with Crippen molar-refractivity contribution in [1.29, 1.82) is 0 Å². The van der Waals surface area contributed by atoms with Crippen molar-refractivity contribution in [2.45, 2.75) is 75.6 Å². The van der Waals surface area contributed by atoms with Gasteiger partial charge in [0.1, 0.15) is 5.75 Å². The zero-order valence-electron chi connectivity index (χ0n) is 25.4. The maximum Gasteiger partial charge on any atom is 0.264 e. The predicted molar refractivity (Wildman–Crippen MR) is 171 cm³/mol. The highest BCUT2D eigenvalue weighted by atomic mass is 35.5. The molecule has 2 aliphatic heterocycles. The van der Waals surface area contributed by atoms with Gasteiger partial charge in [-0.05, 0) is 104 Å².